The molecule has 3 heteroatoms. The van der Waals surface area contributed by atoms with Gasteiger partial charge in [0.25, 0.3) is 0 Å². The first-order chi connectivity index (χ1) is 9.78. The molecule has 20 heavy (non-hydrogen) atoms. The van der Waals surface area contributed by atoms with E-state index in [1.54, 1.807) is 7.11 Å². The van der Waals surface area contributed by atoms with E-state index in [0.717, 1.165) is 24.6 Å². The van der Waals surface area contributed by atoms with Crippen molar-refractivity contribution >= 4 is 0 Å². The van der Waals surface area contributed by atoms with Gasteiger partial charge in [0.2, 0.25) is 0 Å². The predicted octanol–water partition coefficient (Wildman–Crippen LogP) is 3.86. The number of ether oxygens (including phenoxy) is 1. The molecular weight excluding hydrogens is 253 g/mol. The molecule has 0 bridgehead atoms. The van der Waals surface area contributed by atoms with Crippen molar-refractivity contribution in [2.45, 2.75) is 50.5 Å². The second kappa shape index (κ2) is 6.13. The molecule has 0 radical (unpaired) electrons. The zero-order valence-corrected chi connectivity index (χ0v) is 12.2. The SMILES string of the molecule is COc1ccc(C2CCCCC2CNC2CC2)c(F)c1. The third kappa shape index (κ3) is 3.14. The summed E-state index contributed by atoms with van der Waals surface area (Å²) in [6.45, 7) is 1.04. The van der Waals surface area contributed by atoms with Gasteiger partial charge < -0.3 is 10.1 Å². The molecule has 2 fully saturated rings. The first-order valence-corrected chi connectivity index (χ1v) is 7.84. The van der Waals surface area contributed by atoms with E-state index in [1.807, 2.05) is 12.1 Å². The average Bonchev–Trinajstić information content (AvgIpc) is 3.29. The van der Waals surface area contributed by atoms with Gasteiger partial charge >= 0.3 is 0 Å². The zero-order chi connectivity index (χ0) is 13.9. The summed E-state index contributed by atoms with van der Waals surface area (Å²) in [6, 6.07) is 6.07. The molecule has 0 aliphatic heterocycles. The first-order valence-electron chi connectivity index (χ1n) is 7.84. The predicted molar refractivity (Wildman–Crippen MR) is 78.7 cm³/mol. The fourth-order valence-electron chi connectivity index (χ4n) is 3.40. The first kappa shape index (κ1) is 13.9. The monoisotopic (exact) mass is 277 g/mol. The van der Waals surface area contributed by atoms with Crippen LogP contribution in [0.2, 0.25) is 0 Å². The molecule has 0 amide bonds. The largest absolute Gasteiger partial charge is 0.497 e. The summed E-state index contributed by atoms with van der Waals surface area (Å²) in [7, 11) is 1.58. The molecule has 1 N–H and O–H groups in total. The van der Waals surface area contributed by atoms with Crippen LogP contribution in [0.15, 0.2) is 18.2 Å². The normalized spacial score (nSPS) is 26.5. The molecule has 3 rings (SSSR count). The van der Waals surface area contributed by atoms with Crippen molar-refractivity contribution in [2.75, 3.05) is 13.7 Å². The molecule has 0 aromatic heterocycles. The molecule has 2 aliphatic carbocycles. The van der Waals surface area contributed by atoms with Crippen molar-refractivity contribution in [1.82, 2.24) is 5.32 Å². The third-order valence-electron chi connectivity index (χ3n) is 4.76. The molecule has 2 atom stereocenters. The summed E-state index contributed by atoms with van der Waals surface area (Å²) in [5.74, 6) is 1.44. The Labute approximate surface area is 120 Å². The van der Waals surface area contributed by atoms with E-state index >= 15 is 0 Å². The molecule has 110 valence electrons. The maximum Gasteiger partial charge on any atom is 0.130 e. The smallest absolute Gasteiger partial charge is 0.130 e. The van der Waals surface area contributed by atoms with Crippen molar-refractivity contribution in [2.24, 2.45) is 5.92 Å². The summed E-state index contributed by atoms with van der Waals surface area (Å²) in [4.78, 5) is 0. The summed E-state index contributed by atoms with van der Waals surface area (Å²) in [5, 5.41) is 3.62. The van der Waals surface area contributed by atoms with Crippen LogP contribution in [0.5, 0.6) is 5.75 Å². The van der Waals surface area contributed by atoms with Gasteiger partial charge in [-0.05, 0) is 55.7 Å². The number of hydrogen-bond donors (Lipinski definition) is 1. The van der Waals surface area contributed by atoms with E-state index in [1.165, 1.54) is 38.2 Å². The van der Waals surface area contributed by atoms with Gasteiger partial charge in [-0.1, -0.05) is 18.9 Å². The highest BCUT2D eigenvalue weighted by Gasteiger charge is 2.30. The Bertz CT molecular complexity index is 458. The van der Waals surface area contributed by atoms with Crippen LogP contribution < -0.4 is 10.1 Å². The van der Waals surface area contributed by atoms with Gasteiger partial charge in [0.1, 0.15) is 11.6 Å². The number of halogens is 1. The van der Waals surface area contributed by atoms with Gasteiger partial charge in [0, 0.05) is 12.1 Å². The van der Waals surface area contributed by atoms with Crippen LogP contribution in [0.1, 0.15) is 50.0 Å². The highest BCUT2D eigenvalue weighted by atomic mass is 19.1. The average molecular weight is 277 g/mol. The van der Waals surface area contributed by atoms with E-state index < -0.39 is 0 Å². The molecule has 0 saturated heterocycles. The quantitative estimate of drug-likeness (QED) is 0.882. The van der Waals surface area contributed by atoms with Crippen LogP contribution in [0.3, 0.4) is 0 Å². The van der Waals surface area contributed by atoms with Crippen LogP contribution in [-0.4, -0.2) is 19.7 Å². The second-order valence-electron chi connectivity index (χ2n) is 6.22. The fourth-order valence-corrected chi connectivity index (χ4v) is 3.40. The van der Waals surface area contributed by atoms with Gasteiger partial charge in [-0.3, -0.25) is 0 Å². The van der Waals surface area contributed by atoms with Crippen LogP contribution in [-0.2, 0) is 0 Å². The Morgan fingerprint density at radius 1 is 1.20 bits per heavy atom. The molecule has 1 aromatic rings. The summed E-state index contributed by atoms with van der Waals surface area (Å²) in [6.07, 6.45) is 7.46. The highest BCUT2D eigenvalue weighted by molar-refractivity contribution is 5.31. The van der Waals surface area contributed by atoms with Crippen molar-refractivity contribution in [3.8, 4) is 5.75 Å². The van der Waals surface area contributed by atoms with Crippen molar-refractivity contribution in [3.63, 3.8) is 0 Å². The van der Waals surface area contributed by atoms with Crippen LogP contribution in [0.4, 0.5) is 4.39 Å². The Balaban J connectivity index is 1.73. The number of benzene rings is 1. The lowest BCUT2D eigenvalue weighted by molar-refractivity contribution is 0.289. The molecule has 2 aliphatic rings. The summed E-state index contributed by atoms with van der Waals surface area (Å²) >= 11 is 0. The van der Waals surface area contributed by atoms with E-state index in [-0.39, 0.29) is 5.82 Å². The van der Waals surface area contributed by atoms with Crippen molar-refractivity contribution < 1.29 is 9.13 Å². The molecule has 0 heterocycles. The lowest BCUT2D eigenvalue weighted by Crippen LogP contribution is -2.31. The van der Waals surface area contributed by atoms with Gasteiger partial charge in [0.15, 0.2) is 0 Å². The van der Waals surface area contributed by atoms with Gasteiger partial charge in [0.05, 0.1) is 7.11 Å². The van der Waals surface area contributed by atoms with Gasteiger partial charge in [-0.25, -0.2) is 4.39 Å². The van der Waals surface area contributed by atoms with Crippen LogP contribution >= 0.6 is 0 Å². The Morgan fingerprint density at radius 2 is 2.00 bits per heavy atom. The Morgan fingerprint density at radius 3 is 2.70 bits per heavy atom. The number of rotatable bonds is 5. The maximum absolute atomic E-state index is 14.3. The molecule has 1 aromatic carbocycles. The van der Waals surface area contributed by atoms with Gasteiger partial charge in [-0.2, -0.15) is 0 Å². The van der Waals surface area contributed by atoms with Crippen LogP contribution in [0, 0.1) is 11.7 Å². The highest BCUT2D eigenvalue weighted by Crippen LogP contribution is 2.39. The van der Waals surface area contributed by atoms with Crippen molar-refractivity contribution in [1.29, 1.82) is 0 Å². The summed E-state index contributed by atoms with van der Waals surface area (Å²) < 4.78 is 19.4. The van der Waals surface area contributed by atoms with Crippen LogP contribution in [0.25, 0.3) is 0 Å². The number of nitrogens with one attached hydrogen (secondary N) is 1. The minimum absolute atomic E-state index is 0.104. The maximum atomic E-state index is 14.3. The second-order valence-corrected chi connectivity index (χ2v) is 6.22. The van der Waals surface area contributed by atoms with Gasteiger partial charge in [-0.15, -0.1) is 0 Å². The minimum Gasteiger partial charge on any atom is -0.497 e. The summed E-state index contributed by atoms with van der Waals surface area (Å²) in [5.41, 5.74) is 0.882. The van der Waals surface area contributed by atoms with E-state index in [0.29, 0.717) is 17.6 Å². The molecule has 2 unspecified atom stereocenters. The fraction of sp³-hybridized carbons (Fsp3) is 0.647. The topological polar surface area (TPSA) is 21.3 Å². The lowest BCUT2D eigenvalue weighted by Gasteiger charge is -2.32. The van der Waals surface area contributed by atoms with E-state index in [2.05, 4.69) is 5.32 Å². The third-order valence-corrected chi connectivity index (χ3v) is 4.76. The lowest BCUT2D eigenvalue weighted by atomic mass is 9.75. The standard InChI is InChI=1S/C17H24FNO/c1-20-14-8-9-16(17(18)10-14)15-5-3-2-4-12(15)11-19-13-6-7-13/h8-10,12-13,15,19H,2-7,11H2,1H3. The van der Waals surface area contributed by atoms with Crippen molar-refractivity contribution in [3.05, 3.63) is 29.6 Å². The number of methoxy groups -OCH3 is 1. The Kier molecular flexibility index (Phi) is 4.25. The molecule has 2 nitrogen and oxygen atoms in total. The molecular formula is C17H24FNO. The van der Waals surface area contributed by atoms with E-state index in [9.17, 15) is 4.39 Å². The van der Waals surface area contributed by atoms with E-state index in [4.69, 9.17) is 4.74 Å². The molecule has 0 spiro atoms. The zero-order valence-electron chi connectivity index (χ0n) is 12.2. The molecule has 2 saturated carbocycles. The minimum atomic E-state index is -0.104. The number of hydrogen-bond acceptors (Lipinski definition) is 2. The Hall–Kier alpha value is -1.09.